The number of carbonyl (C=O) groups is 2. The lowest BCUT2D eigenvalue weighted by molar-refractivity contribution is -0.117. The van der Waals surface area contributed by atoms with Crippen LogP contribution in [0, 0.1) is 5.92 Å². The highest BCUT2D eigenvalue weighted by molar-refractivity contribution is 5.99. The van der Waals surface area contributed by atoms with Gasteiger partial charge < -0.3 is 14.5 Å². The van der Waals surface area contributed by atoms with Crippen LogP contribution in [0.2, 0.25) is 0 Å². The van der Waals surface area contributed by atoms with Crippen molar-refractivity contribution in [2.24, 2.45) is 5.92 Å². The highest BCUT2D eigenvalue weighted by Crippen LogP contribution is 2.32. The Morgan fingerprint density at radius 2 is 1.84 bits per heavy atom. The Morgan fingerprint density at radius 1 is 1.03 bits per heavy atom. The van der Waals surface area contributed by atoms with Gasteiger partial charge in [0, 0.05) is 36.8 Å². The van der Waals surface area contributed by atoms with E-state index in [0.29, 0.717) is 30.5 Å². The summed E-state index contributed by atoms with van der Waals surface area (Å²) in [6.07, 6.45) is 7.47. The summed E-state index contributed by atoms with van der Waals surface area (Å²) in [4.78, 5) is 29.2. The fourth-order valence-corrected chi connectivity index (χ4v) is 4.41. The van der Waals surface area contributed by atoms with Crippen molar-refractivity contribution < 1.29 is 14.3 Å². The van der Waals surface area contributed by atoms with Crippen molar-refractivity contribution in [1.82, 2.24) is 4.90 Å². The second-order valence-corrected chi connectivity index (χ2v) is 9.12. The van der Waals surface area contributed by atoms with Gasteiger partial charge in [-0.2, -0.15) is 0 Å². The summed E-state index contributed by atoms with van der Waals surface area (Å²) in [6, 6.07) is 16.0. The van der Waals surface area contributed by atoms with Crippen molar-refractivity contribution in [3.8, 4) is 5.75 Å². The molecule has 5 heteroatoms. The third-order valence-electron chi connectivity index (χ3n) is 6.71. The molecule has 1 heterocycles. The van der Waals surface area contributed by atoms with E-state index in [4.69, 9.17) is 4.74 Å². The molecule has 2 aliphatic carbocycles. The molecule has 1 aliphatic heterocycles. The Balaban J connectivity index is 1.26. The van der Waals surface area contributed by atoms with Crippen molar-refractivity contribution >= 4 is 17.5 Å². The molecule has 1 saturated heterocycles. The standard InChI is InChI=1S/C26H30N2O3/c29-25-8-3-15-27(25)23-7-2-6-21(16-23)26(30)28(22-11-12-22)17-19-9-13-24(14-10-19)31-18-20-4-1-5-20/h2,6-7,9-10,13-14,16,20,22H,1,3-5,8,11-12,15,17-18H2. The summed E-state index contributed by atoms with van der Waals surface area (Å²) < 4.78 is 5.90. The minimum absolute atomic E-state index is 0.0429. The van der Waals surface area contributed by atoms with Crippen molar-refractivity contribution in [3.63, 3.8) is 0 Å². The molecule has 0 aromatic heterocycles. The minimum Gasteiger partial charge on any atom is -0.493 e. The Kier molecular flexibility index (Phi) is 5.66. The smallest absolute Gasteiger partial charge is 0.254 e. The number of carbonyl (C=O) groups excluding carboxylic acids is 2. The lowest BCUT2D eigenvalue weighted by Crippen LogP contribution is -2.33. The van der Waals surface area contributed by atoms with E-state index < -0.39 is 0 Å². The molecule has 3 aliphatic rings. The fraction of sp³-hybridized carbons (Fsp3) is 0.462. The van der Waals surface area contributed by atoms with Crippen LogP contribution >= 0.6 is 0 Å². The van der Waals surface area contributed by atoms with E-state index in [1.54, 1.807) is 4.90 Å². The zero-order chi connectivity index (χ0) is 21.2. The van der Waals surface area contributed by atoms with Crippen LogP contribution in [-0.2, 0) is 11.3 Å². The molecule has 31 heavy (non-hydrogen) atoms. The van der Waals surface area contributed by atoms with Gasteiger partial charge >= 0.3 is 0 Å². The third-order valence-corrected chi connectivity index (χ3v) is 6.71. The first-order valence-corrected chi connectivity index (χ1v) is 11.6. The predicted octanol–water partition coefficient (Wildman–Crippen LogP) is 4.80. The van der Waals surface area contributed by atoms with Crippen molar-refractivity contribution in [1.29, 1.82) is 0 Å². The Morgan fingerprint density at radius 3 is 2.48 bits per heavy atom. The molecule has 162 valence electrons. The van der Waals surface area contributed by atoms with Crippen LogP contribution < -0.4 is 9.64 Å². The molecular weight excluding hydrogens is 388 g/mol. The average Bonchev–Trinajstić information content (AvgIpc) is 3.51. The van der Waals surface area contributed by atoms with E-state index in [9.17, 15) is 9.59 Å². The van der Waals surface area contributed by atoms with Gasteiger partial charge in [0.1, 0.15) is 5.75 Å². The van der Waals surface area contributed by atoms with Crippen LogP contribution in [0.25, 0.3) is 0 Å². The molecule has 3 fully saturated rings. The van der Waals surface area contributed by atoms with Crippen LogP contribution in [0.3, 0.4) is 0 Å². The van der Waals surface area contributed by atoms with E-state index in [-0.39, 0.29) is 11.8 Å². The van der Waals surface area contributed by atoms with Gasteiger partial charge in [-0.15, -0.1) is 0 Å². The molecule has 0 radical (unpaired) electrons. The minimum atomic E-state index is 0.0429. The lowest BCUT2D eigenvalue weighted by atomic mass is 9.86. The van der Waals surface area contributed by atoms with Gasteiger partial charge in [-0.25, -0.2) is 0 Å². The summed E-state index contributed by atoms with van der Waals surface area (Å²) in [5.41, 5.74) is 2.60. The first-order valence-electron chi connectivity index (χ1n) is 11.6. The van der Waals surface area contributed by atoms with E-state index in [2.05, 4.69) is 12.1 Å². The highest BCUT2D eigenvalue weighted by Gasteiger charge is 2.33. The molecule has 5 rings (SSSR count). The van der Waals surface area contributed by atoms with Crippen LogP contribution in [0.1, 0.15) is 60.9 Å². The Bertz CT molecular complexity index is 947. The van der Waals surface area contributed by atoms with E-state index in [1.165, 1.54) is 19.3 Å². The molecule has 2 amide bonds. The zero-order valence-corrected chi connectivity index (χ0v) is 18.0. The third kappa shape index (κ3) is 4.60. The zero-order valence-electron chi connectivity index (χ0n) is 18.0. The van der Waals surface area contributed by atoms with Gasteiger partial charge in [-0.05, 0) is 73.9 Å². The van der Waals surface area contributed by atoms with Crippen LogP contribution in [0.5, 0.6) is 5.75 Å². The van der Waals surface area contributed by atoms with Crippen LogP contribution in [0.15, 0.2) is 48.5 Å². The van der Waals surface area contributed by atoms with Gasteiger partial charge in [-0.1, -0.05) is 24.6 Å². The molecule has 5 nitrogen and oxygen atoms in total. The maximum atomic E-state index is 13.4. The Hall–Kier alpha value is -2.82. The summed E-state index contributed by atoms with van der Waals surface area (Å²) in [6.45, 7) is 2.14. The normalized spacial score (nSPS) is 18.7. The topological polar surface area (TPSA) is 49.9 Å². The quantitative estimate of drug-likeness (QED) is 0.619. The van der Waals surface area contributed by atoms with Crippen molar-refractivity contribution in [2.75, 3.05) is 18.1 Å². The number of hydrogen-bond acceptors (Lipinski definition) is 3. The predicted molar refractivity (Wildman–Crippen MR) is 120 cm³/mol. The molecule has 0 spiro atoms. The summed E-state index contributed by atoms with van der Waals surface area (Å²) >= 11 is 0. The van der Waals surface area contributed by atoms with Crippen molar-refractivity contribution in [2.45, 2.75) is 57.5 Å². The summed E-state index contributed by atoms with van der Waals surface area (Å²) in [5.74, 6) is 1.81. The lowest BCUT2D eigenvalue weighted by Gasteiger charge is -2.25. The first-order chi connectivity index (χ1) is 15.2. The van der Waals surface area contributed by atoms with Crippen LogP contribution in [0.4, 0.5) is 5.69 Å². The second-order valence-electron chi connectivity index (χ2n) is 9.12. The monoisotopic (exact) mass is 418 g/mol. The Labute approximate surface area is 184 Å². The molecule has 2 aromatic rings. The number of nitrogens with zero attached hydrogens (tertiary/aromatic N) is 2. The number of benzene rings is 2. The van der Waals surface area contributed by atoms with Gasteiger partial charge in [0.15, 0.2) is 0 Å². The van der Waals surface area contributed by atoms with Crippen molar-refractivity contribution in [3.05, 3.63) is 59.7 Å². The molecule has 0 atom stereocenters. The fourth-order valence-electron chi connectivity index (χ4n) is 4.41. The molecule has 2 saturated carbocycles. The SMILES string of the molecule is O=C1CCCN1c1cccc(C(=O)N(Cc2ccc(OCC3CCC3)cc2)C2CC2)c1. The number of hydrogen-bond donors (Lipinski definition) is 0. The molecule has 0 unspecified atom stereocenters. The van der Waals surface area contributed by atoms with E-state index in [1.807, 2.05) is 41.3 Å². The van der Waals surface area contributed by atoms with Gasteiger partial charge in [-0.3, -0.25) is 9.59 Å². The number of anilines is 1. The summed E-state index contributed by atoms with van der Waals surface area (Å²) in [7, 11) is 0. The molecule has 0 N–H and O–H groups in total. The number of rotatable bonds is 8. The second kappa shape index (κ2) is 8.74. The van der Waals surface area contributed by atoms with E-state index >= 15 is 0 Å². The maximum absolute atomic E-state index is 13.4. The van der Waals surface area contributed by atoms with Gasteiger partial charge in [0.2, 0.25) is 5.91 Å². The van der Waals surface area contributed by atoms with Gasteiger partial charge in [0.05, 0.1) is 6.61 Å². The molecule has 0 bridgehead atoms. The largest absolute Gasteiger partial charge is 0.493 e. The van der Waals surface area contributed by atoms with Gasteiger partial charge in [0.25, 0.3) is 5.91 Å². The molecule has 2 aromatic carbocycles. The maximum Gasteiger partial charge on any atom is 0.254 e. The first kappa shape index (κ1) is 20.1. The van der Waals surface area contributed by atoms with Crippen LogP contribution in [-0.4, -0.2) is 35.9 Å². The average molecular weight is 419 g/mol. The number of ether oxygens (including phenoxy) is 1. The molecular formula is C26H30N2O3. The van der Waals surface area contributed by atoms with E-state index in [0.717, 1.165) is 49.4 Å². The summed E-state index contributed by atoms with van der Waals surface area (Å²) in [5, 5.41) is 0. The number of amides is 2. The highest BCUT2D eigenvalue weighted by atomic mass is 16.5.